The van der Waals surface area contributed by atoms with E-state index in [1.165, 1.54) is 14.2 Å². The van der Waals surface area contributed by atoms with Gasteiger partial charge in [0.15, 0.2) is 11.5 Å². The highest BCUT2D eigenvalue weighted by Gasteiger charge is 2.40. The largest absolute Gasteiger partial charge is 0.493 e. The molecular weight excluding hydrogens is 464 g/mol. The number of piperidine rings is 1. The van der Waals surface area contributed by atoms with Crippen LogP contribution in [0.2, 0.25) is 0 Å². The summed E-state index contributed by atoms with van der Waals surface area (Å²) in [7, 11) is 3.06. The number of fused-ring (bicyclic) bond motifs is 4. The fourth-order valence-corrected chi connectivity index (χ4v) is 5.61. The van der Waals surface area contributed by atoms with Gasteiger partial charge in [0.2, 0.25) is 5.91 Å². The number of carbonyl (C=O) groups is 3. The van der Waals surface area contributed by atoms with E-state index in [0.717, 1.165) is 22.6 Å². The number of aromatic nitrogens is 1. The van der Waals surface area contributed by atoms with Gasteiger partial charge in [-0.2, -0.15) is 0 Å². The van der Waals surface area contributed by atoms with Crippen LogP contribution in [0.25, 0.3) is 0 Å². The van der Waals surface area contributed by atoms with E-state index < -0.39 is 12.1 Å². The first-order valence-electron chi connectivity index (χ1n) is 12.2. The second-order valence-corrected chi connectivity index (χ2v) is 9.65. The maximum Gasteiger partial charge on any atom is 0.325 e. The van der Waals surface area contributed by atoms with E-state index in [0.29, 0.717) is 31.1 Å². The van der Waals surface area contributed by atoms with Gasteiger partial charge in [0.1, 0.15) is 6.04 Å². The van der Waals surface area contributed by atoms with Crippen molar-refractivity contribution in [3.05, 3.63) is 58.0 Å². The number of benzene rings is 1. The molecule has 3 atom stereocenters. The predicted octanol–water partition coefficient (Wildman–Crippen LogP) is 1.71. The molecule has 4 heterocycles. The lowest BCUT2D eigenvalue weighted by molar-refractivity contribution is -0.134. The van der Waals surface area contributed by atoms with Gasteiger partial charge in [0.05, 0.1) is 20.8 Å². The highest BCUT2D eigenvalue weighted by Crippen LogP contribution is 2.35. The molecule has 10 nitrogen and oxygen atoms in total. The molecule has 3 aliphatic rings. The normalized spacial score (nSPS) is 22.8. The molecule has 0 unspecified atom stereocenters. The third-order valence-electron chi connectivity index (χ3n) is 7.37. The maximum atomic E-state index is 13.1. The summed E-state index contributed by atoms with van der Waals surface area (Å²) in [5.74, 6) is 1.09. The average molecular weight is 495 g/mol. The second kappa shape index (κ2) is 9.67. The van der Waals surface area contributed by atoms with Gasteiger partial charge in [0, 0.05) is 43.7 Å². The van der Waals surface area contributed by atoms with Crippen molar-refractivity contribution in [2.24, 2.45) is 5.92 Å². The molecule has 0 spiro atoms. The Hall–Kier alpha value is -3.82. The number of ether oxygens (including phenoxy) is 2. The predicted molar refractivity (Wildman–Crippen MR) is 130 cm³/mol. The molecule has 0 saturated carbocycles. The number of nitrogens with one attached hydrogen (secondary N) is 1. The number of hydrogen-bond acceptors (Lipinski definition) is 6. The molecule has 2 bridgehead atoms. The van der Waals surface area contributed by atoms with Crippen LogP contribution in [-0.2, 0) is 22.7 Å². The summed E-state index contributed by atoms with van der Waals surface area (Å²) in [5.41, 5.74) is 1.72. The van der Waals surface area contributed by atoms with Crippen LogP contribution < -0.4 is 20.3 Å². The molecule has 0 radical (unpaired) electrons. The van der Waals surface area contributed by atoms with E-state index >= 15 is 0 Å². The van der Waals surface area contributed by atoms with Crippen molar-refractivity contribution >= 4 is 17.8 Å². The number of hydrogen-bond donors (Lipinski definition) is 1. The number of nitrogens with zero attached hydrogens (tertiary/aromatic N) is 3. The van der Waals surface area contributed by atoms with Crippen LogP contribution in [0.5, 0.6) is 11.5 Å². The molecule has 3 aliphatic heterocycles. The number of pyridine rings is 1. The molecule has 36 heavy (non-hydrogen) atoms. The molecule has 4 amide bonds. The van der Waals surface area contributed by atoms with Crippen LogP contribution in [0, 0.1) is 5.92 Å². The van der Waals surface area contributed by atoms with Crippen molar-refractivity contribution in [1.82, 2.24) is 19.7 Å². The van der Waals surface area contributed by atoms with Crippen LogP contribution in [0.3, 0.4) is 0 Å². The Morgan fingerprint density at radius 2 is 1.83 bits per heavy atom. The minimum Gasteiger partial charge on any atom is -0.493 e. The Morgan fingerprint density at radius 1 is 1.03 bits per heavy atom. The second-order valence-electron chi connectivity index (χ2n) is 9.65. The first-order chi connectivity index (χ1) is 17.4. The van der Waals surface area contributed by atoms with Crippen LogP contribution in [0.15, 0.2) is 41.2 Å². The third kappa shape index (κ3) is 4.43. The van der Waals surface area contributed by atoms with E-state index in [-0.39, 0.29) is 48.6 Å². The van der Waals surface area contributed by atoms with Gasteiger partial charge < -0.3 is 24.3 Å². The molecular formula is C26H30N4O6. The molecule has 190 valence electrons. The third-order valence-corrected chi connectivity index (χ3v) is 7.37. The van der Waals surface area contributed by atoms with Gasteiger partial charge >= 0.3 is 6.03 Å². The van der Waals surface area contributed by atoms with E-state index in [1.54, 1.807) is 30.3 Å². The number of methoxy groups -OCH3 is 2. The topological polar surface area (TPSA) is 110 Å². The zero-order valence-electron chi connectivity index (χ0n) is 20.4. The molecule has 1 aromatic heterocycles. The minimum atomic E-state index is -0.731. The summed E-state index contributed by atoms with van der Waals surface area (Å²) < 4.78 is 12.4. The number of likely N-dealkylation sites (tertiary alicyclic amines) is 1. The fraction of sp³-hybridized carbons (Fsp3) is 0.462. The van der Waals surface area contributed by atoms with Gasteiger partial charge in [-0.3, -0.25) is 19.3 Å². The van der Waals surface area contributed by atoms with Crippen molar-refractivity contribution in [1.29, 1.82) is 0 Å². The lowest BCUT2D eigenvalue weighted by Gasteiger charge is -2.42. The quantitative estimate of drug-likeness (QED) is 0.587. The van der Waals surface area contributed by atoms with E-state index in [4.69, 9.17) is 9.47 Å². The molecule has 2 aromatic rings. The standard InChI is InChI=1S/C26H30N4O6/c1-35-21-8-6-16(11-22(21)36-2)13-30-25(33)19(27-26(30)34)7-9-23(31)28-12-17-10-18(15-28)20-4-3-5-24(32)29(20)14-17/h3-6,8,11,17-19H,7,9-10,12-15H2,1-2H3,(H,27,34)/t17-,18+,19-/m0/s1. The SMILES string of the molecule is COc1ccc(CN2C(=O)N[C@@H](CCC(=O)N3C[C@@H]4C[C@H](C3)c3cccc(=O)n3C4)C2=O)cc1OC. The molecule has 2 fully saturated rings. The summed E-state index contributed by atoms with van der Waals surface area (Å²) in [4.78, 5) is 53.7. The number of carbonyl (C=O) groups excluding carboxylic acids is 3. The van der Waals surface area contributed by atoms with E-state index in [2.05, 4.69) is 5.32 Å². The summed E-state index contributed by atoms with van der Waals surface area (Å²) in [5, 5.41) is 2.72. The molecule has 0 aliphatic carbocycles. The lowest BCUT2D eigenvalue weighted by Crippen LogP contribution is -2.49. The Kier molecular flexibility index (Phi) is 6.42. The van der Waals surface area contributed by atoms with Crippen molar-refractivity contribution in [3.8, 4) is 11.5 Å². The molecule has 1 N–H and O–H groups in total. The highest BCUT2D eigenvalue weighted by atomic mass is 16.5. The van der Waals surface area contributed by atoms with E-state index in [9.17, 15) is 19.2 Å². The molecule has 10 heteroatoms. The highest BCUT2D eigenvalue weighted by molar-refractivity contribution is 6.04. The Morgan fingerprint density at radius 3 is 2.61 bits per heavy atom. The van der Waals surface area contributed by atoms with Gasteiger partial charge in [-0.05, 0) is 42.5 Å². The minimum absolute atomic E-state index is 0.00935. The zero-order chi connectivity index (χ0) is 25.4. The van der Waals surface area contributed by atoms with Crippen molar-refractivity contribution in [2.75, 3.05) is 27.3 Å². The number of rotatable bonds is 7. The maximum absolute atomic E-state index is 13.1. The van der Waals surface area contributed by atoms with Crippen molar-refractivity contribution < 1.29 is 23.9 Å². The van der Waals surface area contributed by atoms with E-state index in [1.807, 2.05) is 15.5 Å². The van der Waals surface area contributed by atoms with Gasteiger partial charge in [-0.1, -0.05) is 12.1 Å². The van der Waals surface area contributed by atoms with Crippen molar-refractivity contribution in [3.63, 3.8) is 0 Å². The fourth-order valence-electron chi connectivity index (χ4n) is 5.61. The molecule has 1 aromatic carbocycles. The van der Waals surface area contributed by atoms with Gasteiger partial charge in [0.25, 0.3) is 11.5 Å². The monoisotopic (exact) mass is 494 g/mol. The number of amides is 4. The summed E-state index contributed by atoms with van der Waals surface area (Å²) >= 11 is 0. The first kappa shape index (κ1) is 23.9. The summed E-state index contributed by atoms with van der Waals surface area (Å²) in [6.07, 6.45) is 1.38. The van der Waals surface area contributed by atoms with Crippen LogP contribution in [0.4, 0.5) is 4.79 Å². The Balaban J connectivity index is 1.19. The first-order valence-corrected chi connectivity index (χ1v) is 12.2. The average Bonchev–Trinajstić information content (AvgIpc) is 3.15. The molecule has 2 saturated heterocycles. The van der Waals surface area contributed by atoms with Gasteiger partial charge in [-0.25, -0.2) is 4.79 Å². The lowest BCUT2D eigenvalue weighted by atomic mass is 9.83. The zero-order valence-corrected chi connectivity index (χ0v) is 20.4. The van der Waals surface area contributed by atoms with Crippen LogP contribution in [-0.4, -0.2) is 65.6 Å². The van der Waals surface area contributed by atoms with Crippen LogP contribution in [0.1, 0.15) is 36.4 Å². The van der Waals surface area contributed by atoms with Gasteiger partial charge in [-0.15, -0.1) is 0 Å². The Bertz CT molecular complexity index is 1260. The molecule has 5 rings (SSSR count). The summed E-state index contributed by atoms with van der Waals surface area (Å²) in [6, 6.07) is 9.36. The van der Waals surface area contributed by atoms with Crippen LogP contribution >= 0.6 is 0 Å². The Labute approximate surface area is 208 Å². The van der Waals surface area contributed by atoms with Crippen molar-refractivity contribution in [2.45, 2.75) is 44.3 Å². The smallest absolute Gasteiger partial charge is 0.325 e. The number of imide groups is 1. The number of urea groups is 1. The summed E-state index contributed by atoms with van der Waals surface area (Å²) in [6.45, 7) is 1.89.